The van der Waals surface area contributed by atoms with Gasteiger partial charge in [-0.25, -0.2) is 0 Å². The molecule has 3 N–H and O–H groups in total. The fourth-order valence-electron chi connectivity index (χ4n) is 4.56. The van der Waals surface area contributed by atoms with E-state index in [-0.39, 0.29) is 24.7 Å². The van der Waals surface area contributed by atoms with E-state index in [2.05, 4.69) is 5.32 Å². The van der Waals surface area contributed by atoms with Gasteiger partial charge < -0.3 is 15.8 Å². The minimum atomic E-state index is -4.43. The molecule has 4 rings (SSSR count). The first-order chi connectivity index (χ1) is 15.6. The maximum Gasteiger partial charge on any atom is 0.416 e. The van der Waals surface area contributed by atoms with Crippen molar-refractivity contribution in [2.75, 3.05) is 25.0 Å². The number of hydrogen-bond donors (Lipinski definition) is 2. The highest BCUT2D eigenvalue weighted by Gasteiger charge is 2.46. The number of hydrogen-bond acceptors (Lipinski definition) is 4. The molecule has 0 radical (unpaired) electrons. The number of carbonyl (C=O) groups excluding carboxylic acids is 2. The third-order valence-corrected chi connectivity index (χ3v) is 6.64. The van der Waals surface area contributed by atoms with Crippen molar-refractivity contribution in [1.82, 2.24) is 4.90 Å². The van der Waals surface area contributed by atoms with Gasteiger partial charge in [0.05, 0.1) is 24.6 Å². The molecule has 0 aromatic heterocycles. The number of primary amides is 1. The Balaban J connectivity index is 1.48. The number of halogens is 4. The number of alkyl halides is 3. The van der Waals surface area contributed by atoms with Crippen molar-refractivity contribution in [2.45, 2.75) is 36.9 Å². The predicted octanol–water partition coefficient (Wildman–Crippen LogP) is 3.97. The maximum atomic E-state index is 13.0. The average molecular weight is 482 g/mol. The van der Waals surface area contributed by atoms with E-state index >= 15 is 0 Å². The summed E-state index contributed by atoms with van der Waals surface area (Å²) >= 11 is 5.88. The van der Waals surface area contributed by atoms with E-state index in [0.717, 1.165) is 17.7 Å². The molecule has 0 bridgehead atoms. The molecule has 33 heavy (non-hydrogen) atoms. The Morgan fingerprint density at radius 3 is 2.42 bits per heavy atom. The number of fused-ring (bicyclic) bond motifs is 2. The monoisotopic (exact) mass is 481 g/mol. The summed E-state index contributed by atoms with van der Waals surface area (Å²) in [6.45, 7) is 1.22. The minimum absolute atomic E-state index is 0.144. The smallest absolute Gasteiger partial charge is 0.416 e. The first-order valence-electron chi connectivity index (χ1n) is 10.5. The van der Waals surface area contributed by atoms with Crippen LogP contribution >= 0.6 is 11.6 Å². The number of rotatable bonds is 5. The number of nitrogens with zero attached hydrogens (tertiary/aromatic N) is 1. The second-order valence-corrected chi connectivity index (χ2v) is 8.93. The van der Waals surface area contributed by atoms with Gasteiger partial charge >= 0.3 is 6.18 Å². The number of benzene rings is 2. The first-order valence-corrected chi connectivity index (χ1v) is 10.9. The van der Waals surface area contributed by atoms with Crippen LogP contribution in [0.1, 0.15) is 30.4 Å². The molecular formula is C23H23ClF3N3O3. The third kappa shape index (κ3) is 4.94. The molecule has 0 saturated carbocycles. The van der Waals surface area contributed by atoms with Crippen molar-refractivity contribution < 1.29 is 27.5 Å². The molecule has 2 aromatic carbocycles. The standard InChI is InChI=1S/C23H23ClF3N3O3/c24-15-2-4-16(5-3-15)29-21(32)18(12-20(28)31)30-9-7-22(8-10-30)13-33-19-11-14(23(25,26)27)1-6-17(19)22/h1-6,11,18H,7-10,12-13H2,(H2,28,31)(H,29,32). The molecule has 1 fully saturated rings. The van der Waals surface area contributed by atoms with Gasteiger partial charge in [-0.1, -0.05) is 17.7 Å². The van der Waals surface area contributed by atoms with Crippen LogP contribution in [0.2, 0.25) is 5.02 Å². The Morgan fingerprint density at radius 2 is 1.82 bits per heavy atom. The van der Waals surface area contributed by atoms with E-state index < -0.39 is 29.1 Å². The average Bonchev–Trinajstić information content (AvgIpc) is 3.11. The second kappa shape index (κ2) is 8.87. The van der Waals surface area contributed by atoms with Crippen LogP contribution in [0, 0.1) is 0 Å². The molecule has 1 spiro atoms. The third-order valence-electron chi connectivity index (χ3n) is 6.39. The molecule has 176 valence electrons. The zero-order chi connectivity index (χ0) is 23.8. The summed E-state index contributed by atoms with van der Waals surface area (Å²) in [5, 5.41) is 3.32. The van der Waals surface area contributed by atoms with Crippen molar-refractivity contribution in [3.8, 4) is 5.75 Å². The molecule has 6 nitrogen and oxygen atoms in total. The molecule has 2 aliphatic heterocycles. The highest BCUT2D eigenvalue weighted by molar-refractivity contribution is 6.30. The summed E-state index contributed by atoms with van der Waals surface area (Å²) in [6.07, 6.45) is -3.42. The van der Waals surface area contributed by atoms with Crippen LogP contribution in [0.5, 0.6) is 5.75 Å². The van der Waals surface area contributed by atoms with E-state index in [1.54, 1.807) is 24.3 Å². The van der Waals surface area contributed by atoms with Gasteiger partial charge in [-0.05, 0) is 62.3 Å². The van der Waals surface area contributed by atoms with Crippen molar-refractivity contribution in [2.24, 2.45) is 5.73 Å². The van der Waals surface area contributed by atoms with Crippen molar-refractivity contribution in [1.29, 1.82) is 0 Å². The maximum absolute atomic E-state index is 13.0. The largest absolute Gasteiger partial charge is 0.492 e. The zero-order valence-electron chi connectivity index (χ0n) is 17.6. The number of carbonyl (C=O) groups is 2. The van der Waals surface area contributed by atoms with E-state index in [4.69, 9.17) is 22.1 Å². The summed E-state index contributed by atoms with van der Waals surface area (Å²) in [5.41, 5.74) is 5.55. The summed E-state index contributed by atoms with van der Waals surface area (Å²) in [7, 11) is 0. The SMILES string of the molecule is NC(=O)CC(C(=O)Nc1ccc(Cl)cc1)N1CCC2(CC1)COc1cc(C(F)(F)F)ccc12. The number of amides is 2. The topological polar surface area (TPSA) is 84.7 Å². The quantitative estimate of drug-likeness (QED) is 0.677. The van der Waals surface area contributed by atoms with Gasteiger partial charge in [0.15, 0.2) is 0 Å². The number of likely N-dealkylation sites (tertiary alicyclic amines) is 1. The molecule has 1 unspecified atom stereocenters. The summed E-state index contributed by atoms with van der Waals surface area (Å²) < 4.78 is 44.8. The van der Waals surface area contributed by atoms with Crippen LogP contribution < -0.4 is 15.8 Å². The predicted molar refractivity (Wildman–Crippen MR) is 117 cm³/mol. The Labute approximate surface area is 193 Å². The lowest BCUT2D eigenvalue weighted by atomic mass is 9.74. The minimum Gasteiger partial charge on any atom is -0.492 e. The molecule has 2 amide bonds. The molecule has 2 aliphatic rings. The molecule has 0 aliphatic carbocycles. The highest BCUT2D eigenvalue weighted by atomic mass is 35.5. The van der Waals surface area contributed by atoms with Gasteiger partial charge in [0.25, 0.3) is 0 Å². The second-order valence-electron chi connectivity index (χ2n) is 8.50. The Bertz CT molecular complexity index is 1050. The van der Waals surface area contributed by atoms with Crippen molar-refractivity contribution >= 4 is 29.1 Å². The molecule has 10 heteroatoms. The molecule has 2 heterocycles. The Kier molecular flexibility index (Phi) is 6.28. The van der Waals surface area contributed by atoms with Crippen LogP contribution in [0.4, 0.5) is 18.9 Å². The van der Waals surface area contributed by atoms with Gasteiger partial charge in [-0.15, -0.1) is 0 Å². The van der Waals surface area contributed by atoms with Crippen LogP contribution in [0.3, 0.4) is 0 Å². The molecule has 1 atom stereocenters. The summed E-state index contributed by atoms with van der Waals surface area (Å²) in [6, 6.07) is 9.48. The normalized spacial score (nSPS) is 18.4. The number of anilines is 1. The van der Waals surface area contributed by atoms with E-state index in [9.17, 15) is 22.8 Å². The molecule has 2 aromatic rings. The van der Waals surface area contributed by atoms with Gasteiger partial charge in [0, 0.05) is 21.7 Å². The van der Waals surface area contributed by atoms with Crippen LogP contribution in [-0.2, 0) is 21.2 Å². The Hall–Kier alpha value is -2.78. The fraction of sp³-hybridized carbons (Fsp3) is 0.391. The van der Waals surface area contributed by atoms with Crippen LogP contribution in [-0.4, -0.2) is 42.5 Å². The summed E-state index contributed by atoms with van der Waals surface area (Å²) in [5.74, 6) is -0.696. The summed E-state index contributed by atoms with van der Waals surface area (Å²) in [4.78, 5) is 26.5. The number of nitrogens with one attached hydrogen (secondary N) is 1. The van der Waals surface area contributed by atoms with E-state index in [1.807, 2.05) is 4.90 Å². The molecule has 1 saturated heterocycles. The van der Waals surface area contributed by atoms with Gasteiger partial charge in [-0.2, -0.15) is 13.2 Å². The Morgan fingerprint density at radius 1 is 1.15 bits per heavy atom. The number of nitrogens with two attached hydrogens (primary N) is 1. The van der Waals surface area contributed by atoms with Gasteiger partial charge in [0.2, 0.25) is 11.8 Å². The number of ether oxygens (including phenoxy) is 1. The van der Waals surface area contributed by atoms with Crippen molar-refractivity contribution in [3.05, 3.63) is 58.6 Å². The first kappa shape index (κ1) is 23.4. The lowest BCUT2D eigenvalue weighted by Gasteiger charge is -2.41. The van der Waals surface area contributed by atoms with E-state index in [1.165, 1.54) is 6.07 Å². The fourth-order valence-corrected chi connectivity index (χ4v) is 4.69. The lowest BCUT2D eigenvalue weighted by Crippen LogP contribution is -2.52. The zero-order valence-corrected chi connectivity index (χ0v) is 18.4. The van der Waals surface area contributed by atoms with Crippen molar-refractivity contribution in [3.63, 3.8) is 0 Å². The molecular weight excluding hydrogens is 459 g/mol. The lowest BCUT2D eigenvalue weighted by molar-refractivity contribution is -0.137. The number of piperidine rings is 1. The van der Waals surface area contributed by atoms with Gasteiger partial charge in [0.1, 0.15) is 5.75 Å². The van der Waals surface area contributed by atoms with E-state index in [0.29, 0.717) is 36.6 Å². The van der Waals surface area contributed by atoms with Gasteiger partial charge in [-0.3, -0.25) is 14.5 Å². The highest BCUT2D eigenvalue weighted by Crippen LogP contribution is 2.47. The van der Waals surface area contributed by atoms with Crippen LogP contribution in [0.25, 0.3) is 0 Å². The van der Waals surface area contributed by atoms with Crippen LogP contribution in [0.15, 0.2) is 42.5 Å².